The summed E-state index contributed by atoms with van der Waals surface area (Å²) in [6.07, 6.45) is 0. The minimum atomic E-state index is -1.09. The summed E-state index contributed by atoms with van der Waals surface area (Å²) in [7, 11) is 0. The van der Waals surface area contributed by atoms with Crippen molar-refractivity contribution in [3.63, 3.8) is 0 Å². The molecule has 0 saturated heterocycles. The van der Waals surface area contributed by atoms with Gasteiger partial charge in [0.2, 0.25) is 0 Å². The number of anilines is 2. The van der Waals surface area contributed by atoms with Crippen LogP contribution in [-0.2, 0) is 9.59 Å². The van der Waals surface area contributed by atoms with E-state index in [1.165, 1.54) is 12.1 Å². The summed E-state index contributed by atoms with van der Waals surface area (Å²) < 4.78 is 37.0. The van der Waals surface area contributed by atoms with Gasteiger partial charge in [0.1, 0.15) is 24.8 Å². The van der Waals surface area contributed by atoms with E-state index in [1.54, 1.807) is 6.07 Å². The number of fused-ring (bicyclic) bond motifs is 1. The number of hydrogen-bond acceptors (Lipinski definition) is 4. The monoisotopic (exact) mass is 334 g/mol. The van der Waals surface area contributed by atoms with Crippen molar-refractivity contribution in [2.75, 3.05) is 23.8 Å². The van der Waals surface area contributed by atoms with Crippen molar-refractivity contribution < 1.29 is 27.8 Å². The van der Waals surface area contributed by atoms with Gasteiger partial charge in [-0.05, 0) is 24.3 Å². The Hall–Kier alpha value is -3.16. The number of rotatable bonds is 2. The number of ether oxygens (including phenoxy) is 2. The van der Waals surface area contributed by atoms with Gasteiger partial charge in [0, 0.05) is 17.8 Å². The zero-order valence-corrected chi connectivity index (χ0v) is 12.3. The van der Waals surface area contributed by atoms with Crippen molar-refractivity contribution in [3.05, 3.63) is 48.0 Å². The van der Waals surface area contributed by atoms with Crippen molar-refractivity contribution in [1.29, 1.82) is 0 Å². The molecule has 2 N–H and O–H groups in total. The van der Waals surface area contributed by atoms with Crippen LogP contribution in [0, 0.1) is 11.6 Å². The fourth-order valence-corrected chi connectivity index (χ4v) is 2.08. The second-order valence-corrected chi connectivity index (χ2v) is 4.89. The average Bonchev–Trinajstić information content (AvgIpc) is 2.57. The first-order valence-corrected chi connectivity index (χ1v) is 7.00. The Bertz CT molecular complexity index is 811. The lowest BCUT2D eigenvalue weighted by Gasteiger charge is -2.18. The fourth-order valence-electron chi connectivity index (χ4n) is 2.08. The Kier molecular flexibility index (Phi) is 4.28. The zero-order valence-electron chi connectivity index (χ0n) is 12.3. The van der Waals surface area contributed by atoms with E-state index in [-0.39, 0.29) is 5.69 Å². The van der Waals surface area contributed by atoms with Gasteiger partial charge in [0.15, 0.2) is 11.5 Å². The van der Waals surface area contributed by atoms with Crippen LogP contribution in [0.15, 0.2) is 36.4 Å². The molecule has 0 aromatic heterocycles. The summed E-state index contributed by atoms with van der Waals surface area (Å²) in [5.74, 6) is -2.87. The zero-order chi connectivity index (χ0) is 17.1. The fraction of sp³-hybridized carbons (Fsp3) is 0.125. The molecule has 1 heterocycles. The molecule has 1 aliphatic heterocycles. The highest BCUT2D eigenvalue weighted by atomic mass is 19.1. The van der Waals surface area contributed by atoms with Gasteiger partial charge in [-0.1, -0.05) is 0 Å². The Morgan fingerprint density at radius 3 is 2.33 bits per heavy atom. The van der Waals surface area contributed by atoms with E-state index < -0.39 is 23.4 Å². The molecule has 2 aromatic carbocycles. The van der Waals surface area contributed by atoms with Crippen LogP contribution in [0.25, 0.3) is 0 Å². The van der Waals surface area contributed by atoms with Crippen molar-refractivity contribution in [3.8, 4) is 11.5 Å². The highest BCUT2D eigenvalue weighted by Crippen LogP contribution is 2.32. The normalized spacial score (nSPS) is 12.4. The van der Waals surface area contributed by atoms with Crippen molar-refractivity contribution >= 4 is 23.2 Å². The molecule has 2 aromatic rings. The van der Waals surface area contributed by atoms with E-state index in [0.717, 1.165) is 12.1 Å². The molecule has 0 aliphatic carbocycles. The predicted molar refractivity (Wildman–Crippen MR) is 81.0 cm³/mol. The highest BCUT2D eigenvalue weighted by molar-refractivity contribution is 6.43. The van der Waals surface area contributed by atoms with E-state index in [9.17, 15) is 18.4 Å². The van der Waals surface area contributed by atoms with E-state index in [2.05, 4.69) is 10.6 Å². The Labute approximate surface area is 135 Å². The van der Waals surface area contributed by atoms with Crippen molar-refractivity contribution in [2.24, 2.45) is 0 Å². The number of amides is 2. The average molecular weight is 334 g/mol. The minimum absolute atomic E-state index is 0.293. The first kappa shape index (κ1) is 15.7. The summed E-state index contributed by atoms with van der Waals surface area (Å²) in [6, 6.07) is 7.25. The molecule has 124 valence electrons. The molecular weight excluding hydrogens is 322 g/mol. The molecule has 8 heteroatoms. The van der Waals surface area contributed by atoms with Gasteiger partial charge in [0.05, 0.1) is 5.69 Å². The van der Waals surface area contributed by atoms with Crippen LogP contribution >= 0.6 is 0 Å². The molecule has 1 aliphatic rings. The topological polar surface area (TPSA) is 76.7 Å². The van der Waals surface area contributed by atoms with Crippen LogP contribution in [0.1, 0.15) is 0 Å². The SMILES string of the molecule is O=C(Nc1ccc2c(c1)OCCO2)C(=O)Nc1ccc(F)cc1F. The maximum atomic E-state index is 13.5. The number of benzene rings is 2. The van der Waals surface area contributed by atoms with Crippen LogP contribution in [-0.4, -0.2) is 25.0 Å². The van der Waals surface area contributed by atoms with Crippen LogP contribution in [0.3, 0.4) is 0 Å². The lowest BCUT2D eigenvalue weighted by Crippen LogP contribution is -2.29. The third-order valence-electron chi connectivity index (χ3n) is 3.19. The maximum Gasteiger partial charge on any atom is 0.314 e. The molecule has 0 saturated carbocycles. The lowest BCUT2D eigenvalue weighted by molar-refractivity contribution is -0.133. The molecule has 6 nitrogen and oxygen atoms in total. The summed E-state index contributed by atoms with van der Waals surface area (Å²) in [5.41, 5.74) is 0.0257. The van der Waals surface area contributed by atoms with Crippen LogP contribution in [0.2, 0.25) is 0 Å². The summed E-state index contributed by atoms with van der Waals surface area (Å²) in [6.45, 7) is 0.819. The number of carbonyl (C=O) groups excluding carboxylic acids is 2. The number of carbonyl (C=O) groups is 2. The number of nitrogens with one attached hydrogen (secondary N) is 2. The maximum absolute atomic E-state index is 13.5. The largest absolute Gasteiger partial charge is 0.486 e. The van der Waals surface area contributed by atoms with Gasteiger partial charge in [-0.3, -0.25) is 9.59 Å². The second kappa shape index (κ2) is 6.53. The predicted octanol–water partition coefficient (Wildman–Crippen LogP) is 2.31. The van der Waals surface area contributed by atoms with Gasteiger partial charge < -0.3 is 20.1 Å². The van der Waals surface area contributed by atoms with Gasteiger partial charge >= 0.3 is 11.8 Å². The molecule has 0 atom stereocenters. The Morgan fingerprint density at radius 1 is 0.875 bits per heavy atom. The Balaban J connectivity index is 1.67. The van der Waals surface area contributed by atoms with Gasteiger partial charge in [0.25, 0.3) is 0 Å². The molecule has 0 unspecified atom stereocenters. The Morgan fingerprint density at radius 2 is 1.58 bits per heavy atom. The minimum Gasteiger partial charge on any atom is -0.486 e. The molecule has 0 bridgehead atoms. The molecule has 2 amide bonds. The summed E-state index contributed by atoms with van der Waals surface area (Å²) in [4.78, 5) is 23.7. The first-order valence-electron chi connectivity index (χ1n) is 7.00. The van der Waals surface area contributed by atoms with E-state index in [0.29, 0.717) is 36.5 Å². The van der Waals surface area contributed by atoms with Crippen molar-refractivity contribution in [1.82, 2.24) is 0 Å². The standard InChI is InChI=1S/C16H12F2N2O4/c17-9-1-3-12(11(18)7-9)20-16(22)15(21)19-10-2-4-13-14(8-10)24-6-5-23-13/h1-4,7-8H,5-6H2,(H,19,21)(H,20,22). The third-order valence-corrected chi connectivity index (χ3v) is 3.19. The lowest BCUT2D eigenvalue weighted by atomic mass is 10.2. The molecule has 3 rings (SSSR count). The van der Waals surface area contributed by atoms with Gasteiger partial charge in [-0.25, -0.2) is 8.78 Å². The van der Waals surface area contributed by atoms with Crippen molar-refractivity contribution in [2.45, 2.75) is 0 Å². The quantitative estimate of drug-likeness (QED) is 0.827. The van der Waals surface area contributed by atoms with Crippen LogP contribution < -0.4 is 20.1 Å². The van der Waals surface area contributed by atoms with Gasteiger partial charge in [-0.2, -0.15) is 0 Å². The first-order chi connectivity index (χ1) is 11.5. The highest BCUT2D eigenvalue weighted by Gasteiger charge is 2.18. The van der Waals surface area contributed by atoms with Gasteiger partial charge in [-0.15, -0.1) is 0 Å². The summed E-state index contributed by atoms with van der Waals surface area (Å²) >= 11 is 0. The molecule has 0 spiro atoms. The molecule has 24 heavy (non-hydrogen) atoms. The third kappa shape index (κ3) is 3.43. The molecular formula is C16H12F2N2O4. The molecule has 0 fully saturated rings. The van der Waals surface area contributed by atoms with E-state index >= 15 is 0 Å². The summed E-state index contributed by atoms with van der Waals surface area (Å²) in [5, 5.41) is 4.43. The molecule has 0 radical (unpaired) electrons. The second-order valence-electron chi connectivity index (χ2n) is 4.89. The van der Waals surface area contributed by atoms with Crippen LogP contribution in [0.4, 0.5) is 20.2 Å². The number of hydrogen-bond donors (Lipinski definition) is 2. The van der Waals surface area contributed by atoms with Crippen LogP contribution in [0.5, 0.6) is 11.5 Å². The van der Waals surface area contributed by atoms with E-state index in [4.69, 9.17) is 9.47 Å². The van der Waals surface area contributed by atoms with E-state index in [1.807, 2.05) is 0 Å². The smallest absolute Gasteiger partial charge is 0.314 e. The number of halogens is 2.